The molecule has 0 fully saturated rings. The van der Waals surface area contributed by atoms with Gasteiger partial charge < -0.3 is 4.74 Å². The van der Waals surface area contributed by atoms with Gasteiger partial charge in [0.05, 0.1) is 28.6 Å². The molecule has 3 rings (SSSR count). The van der Waals surface area contributed by atoms with Gasteiger partial charge in [0.2, 0.25) is 0 Å². The number of nitro benzene ring substituents is 2. The van der Waals surface area contributed by atoms with Crippen molar-refractivity contribution in [1.29, 1.82) is 0 Å². The number of benzene rings is 2. The summed E-state index contributed by atoms with van der Waals surface area (Å²) >= 11 is 0. The molecule has 10 nitrogen and oxygen atoms in total. The van der Waals surface area contributed by atoms with Gasteiger partial charge in [-0.2, -0.15) is 5.10 Å². The maximum absolute atomic E-state index is 12.2. The Hall–Kier alpha value is -3.82. The van der Waals surface area contributed by atoms with Crippen LogP contribution in [0.5, 0.6) is 0 Å². The summed E-state index contributed by atoms with van der Waals surface area (Å²) in [5.74, 6) is -0.601. The molecule has 0 N–H and O–H groups in total. The van der Waals surface area contributed by atoms with Crippen molar-refractivity contribution in [3.05, 3.63) is 74.3 Å². The number of esters is 1. The van der Waals surface area contributed by atoms with E-state index < -0.39 is 33.2 Å². The molecule has 0 bridgehead atoms. The van der Waals surface area contributed by atoms with Gasteiger partial charge in [-0.1, -0.05) is 30.3 Å². The molecule has 0 aliphatic carbocycles. The number of nitrogens with zero attached hydrogens (tertiary/aromatic N) is 4. The highest BCUT2D eigenvalue weighted by molar-refractivity contribution is 6.37. The van der Waals surface area contributed by atoms with Crippen LogP contribution in [-0.4, -0.2) is 28.1 Å². The fourth-order valence-corrected chi connectivity index (χ4v) is 2.97. The molecule has 1 aliphatic heterocycles. The number of hydrogen-bond acceptors (Lipinski definition) is 8. The molecule has 2 aromatic carbocycles. The normalized spacial score (nSPS) is 15.8. The predicted octanol–water partition coefficient (Wildman–Crippen LogP) is 3.37. The SMILES string of the molecule is CCOC(=O)C1=NN(c2ccc([N+](=O)[O-])cc2[N+](=O)[O-])C(c2ccccc2)C1. The Morgan fingerprint density at radius 2 is 1.89 bits per heavy atom. The van der Waals surface area contributed by atoms with Crippen molar-refractivity contribution in [3.8, 4) is 0 Å². The average molecular weight is 384 g/mol. The second-order valence-electron chi connectivity index (χ2n) is 5.93. The summed E-state index contributed by atoms with van der Waals surface area (Å²) in [5.41, 5.74) is 0.106. The molecule has 28 heavy (non-hydrogen) atoms. The van der Waals surface area contributed by atoms with Gasteiger partial charge in [0.15, 0.2) is 0 Å². The zero-order valence-electron chi connectivity index (χ0n) is 14.8. The summed E-state index contributed by atoms with van der Waals surface area (Å²) in [6.45, 7) is 1.84. The molecule has 0 amide bonds. The van der Waals surface area contributed by atoms with Gasteiger partial charge in [0, 0.05) is 12.5 Å². The third-order valence-electron chi connectivity index (χ3n) is 4.22. The number of carbonyl (C=O) groups excluding carboxylic acids is 1. The van der Waals surface area contributed by atoms with Gasteiger partial charge >= 0.3 is 11.7 Å². The molecular formula is C18H16N4O6. The molecule has 10 heteroatoms. The number of rotatable bonds is 6. The number of hydrazone groups is 1. The van der Waals surface area contributed by atoms with E-state index in [-0.39, 0.29) is 24.4 Å². The third kappa shape index (κ3) is 3.65. The second-order valence-corrected chi connectivity index (χ2v) is 5.93. The lowest BCUT2D eigenvalue weighted by Gasteiger charge is -2.23. The van der Waals surface area contributed by atoms with E-state index >= 15 is 0 Å². The van der Waals surface area contributed by atoms with Crippen molar-refractivity contribution >= 4 is 28.7 Å². The predicted molar refractivity (Wildman–Crippen MR) is 100 cm³/mol. The number of carbonyl (C=O) groups is 1. The van der Waals surface area contributed by atoms with E-state index in [1.54, 1.807) is 19.1 Å². The number of hydrogen-bond donors (Lipinski definition) is 0. The van der Waals surface area contributed by atoms with Crippen LogP contribution >= 0.6 is 0 Å². The Morgan fingerprint density at radius 1 is 1.18 bits per heavy atom. The highest BCUT2D eigenvalue weighted by Crippen LogP contribution is 2.41. The van der Waals surface area contributed by atoms with Crippen molar-refractivity contribution in [2.75, 3.05) is 11.6 Å². The van der Waals surface area contributed by atoms with Crippen molar-refractivity contribution in [1.82, 2.24) is 0 Å². The van der Waals surface area contributed by atoms with Crippen LogP contribution in [0.2, 0.25) is 0 Å². The zero-order valence-corrected chi connectivity index (χ0v) is 14.8. The lowest BCUT2D eigenvalue weighted by Crippen LogP contribution is -2.19. The van der Waals surface area contributed by atoms with Gasteiger partial charge in [-0.25, -0.2) is 4.79 Å². The highest BCUT2D eigenvalue weighted by Gasteiger charge is 2.36. The first-order valence-electron chi connectivity index (χ1n) is 8.44. The number of ether oxygens (including phenoxy) is 1. The molecule has 0 aromatic heterocycles. The molecule has 1 atom stereocenters. The summed E-state index contributed by atoms with van der Waals surface area (Å²) < 4.78 is 5.00. The summed E-state index contributed by atoms with van der Waals surface area (Å²) in [6.07, 6.45) is 0.191. The molecule has 1 aliphatic rings. The third-order valence-corrected chi connectivity index (χ3v) is 4.22. The van der Waals surface area contributed by atoms with Crippen LogP contribution in [0.4, 0.5) is 17.1 Å². The van der Waals surface area contributed by atoms with Gasteiger partial charge in [-0.05, 0) is 18.6 Å². The van der Waals surface area contributed by atoms with E-state index in [4.69, 9.17) is 4.74 Å². The van der Waals surface area contributed by atoms with E-state index in [1.165, 1.54) is 17.1 Å². The lowest BCUT2D eigenvalue weighted by atomic mass is 10.0. The van der Waals surface area contributed by atoms with E-state index in [1.807, 2.05) is 18.2 Å². The van der Waals surface area contributed by atoms with E-state index in [2.05, 4.69) is 5.10 Å². The zero-order chi connectivity index (χ0) is 20.3. The molecule has 1 heterocycles. The molecule has 0 saturated heterocycles. The smallest absolute Gasteiger partial charge is 0.354 e. The Kier molecular flexibility index (Phi) is 5.30. The van der Waals surface area contributed by atoms with E-state index in [0.29, 0.717) is 0 Å². The minimum absolute atomic E-state index is 0.0590. The standard InChI is InChI=1S/C18H16N4O6/c1-2-28-18(23)14-11-16(12-6-4-3-5-7-12)20(19-14)15-9-8-13(21(24)25)10-17(15)22(26)27/h3-10,16H,2,11H2,1H3. The Bertz CT molecular complexity index is 960. The van der Waals surface area contributed by atoms with Crippen LogP contribution in [0.15, 0.2) is 53.6 Å². The van der Waals surface area contributed by atoms with Crippen LogP contribution < -0.4 is 5.01 Å². The fourth-order valence-electron chi connectivity index (χ4n) is 2.97. The van der Waals surface area contributed by atoms with Crippen LogP contribution in [0.25, 0.3) is 0 Å². The van der Waals surface area contributed by atoms with Crippen LogP contribution in [-0.2, 0) is 9.53 Å². The molecule has 144 valence electrons. The summed E-state index contributed by atoms with van der Waals surface area (Å²) in [6, 6.07) is 11.9. The molecule has 0 radical (unpaired) electrons. The average Bonchev–Trinajstić information content (AvgIpc) is 3.13. The minimum atomic E-state index is -0.706. The monoisotopic (exact) mass is 384 g/mol. The topological polar surface area (TPSA) is 128 Å². The fraction of sp³-hybridized carbons (Fsp3) is 0.222. The number of non-ortho nitro benzene ring substituents is 1. The van der Waals surface area contributed by atoms with E-state index in [9.17, 15) is 25.0 Å². The van der Waals surface area contributed by atoms with Crippen molar-refractivity contribution in [2.45, 2.75) is 19.4 Å². The van der Waals surface area contributed by atoms with Crippen molar-refractivity contribution < 1.29 is 19.4 Å². The molecule has 0 spiro atoms. The Balaban J connectivity index is 2.10. The van der Waals surface area contributed by atoms with Crippen molar-refractivity contribution in [3.63, 3.8) is 0 Å². The molecule has 2 aromatic rings. The summed E-state index contributed by atoms with van der Waals surface area (Å²) in [4.78, 5) is 33.3. The summed E-state index contributed by atoms with van der Waals surface area (Å²) in [5, 5.41) is 28.1. The van der Waals surface area contributed by atoms with Gasteiger partial charge in [0.1, 0.15) is 11.4 Å². The molecule has 0 saturated carbocycles. The quantitative estimate of drug-likeness (QED) is 0.424. The summed E-state index contributed by atoms with van der Waals surface area (Å²) in [7, 11) is 0. The minimum Gasteiger partial charge on any atom is -0.461 e. The lowest BCUT2D eigenvalue weighted by molar-refractivity contribution is -0.393. The second kappa shape index (κ2) is 7.82. The molecule has 1 unspecified atom stereocenters. The highest BCUT2D eigenvalue weighted by atomic mass is 16.6. The maximum Gasteiger partial charge on any atom is 0.354 e. The number of anilines is 1. The molecular weight excluding hydrogens is 368 g/mol. The first-order valence-corrected chi connectivity index (χ1v) is 8.44. The Morgan fingerprint density at radius 3 is 2.50 bits per heavy atom. The Labute approximate surface area is 159 Å². The number of nitro groups is 2. The van der Waals surface area contributed by atoms with Gasteiger partial charge in [-0.15, -0.1) is 0 Å². The van der Waals surface area contributed by atoms with Crippen LogP contribution in [0.3, 0.4) is 0 Å². The maximum atomic E-state index is 12.2. The van der Waals surface area contributed by atoms with Crippen LogP contribution in [0.1, 0.15) is 24.9 Å². The van der Waals surface area contributed by atoms with Crippen LogP contribution in [0, 0.1) is 20.2 Å². The van der Waals surface area contributed by atoms with Gasteiger partial charge in [-0.3, -0.25) is 25.2 Å². The first-order chi connectivity index (χ1) is 13.4. The largest absolute Gasteiger partial charge is 0.461 e. The van der Waals surface area contributed by atoms with Crippen molar-refractivity contribution in [2.24, 2.45) is 5.10 Å². The first kappa shape index (κ1) is 19.0. The van der Waals surface area contributed by atoms with E-state index in [0.717, 1.165) is 11.6 Å². The van der Waals surface area contributed by atoms with Gasteiger partial charge in [0.25, 0.3) is 5.69 Å².